The van der Waals surface area contributed by atoms with Gasteiger partial charge in [0, 0.05) is 13.1 Å². The van der Waals surface area contributed by atoms with Gasteiger partial charge in [-0.2, -0.15) is 0 Å². The monoisotopic (exact) mass is 299 g/mol. The van der Waals surface area contributed by atoms with Gasteiger partial charge in [-0.15, -0.1) is 0 Å². The first-order valence-electron chi connectivity index (χ1n) is 7.34. The fourth-order valence-corrected chi connectivity index (χ4v) is 2.99. The molecule has 0 aromatic rings. The van der Waals surface area contributed by atoms with Crippen LogP contribution in [0, 0.1) is 5.41 Å². The molecule has 1 rings (SSSR count). The Bertz CT molecular complexity index is 375. The SMILES string of the molecule is CCC(CC)(C(=O)NCC(=O)N1CCCCC1)C(N)=S. The first-order chi connectivity index (χ1) is 9.47. The molecule has 0 radical (unpaired) electrons. The number of nitrogens with zero attached hydrogens (tertiary/aromatic N) is 1. The van der Waals surface area contributed by atoms with E-state index in [1.165, 1.54) is 6.42 Å². The molecule has 0 unspecified atom stereocenters. The highest BCUT2D eigenvalue weighted by atomic mass is 32.1. The van der Waals surface area contributed by atoms with Gasteiger partial charge in [0.1, 0.15) is 0 Å². The van der Waals surface area contributed by atoms with Crippen LogP contribution < -0.4 is 11.1 Å². The summed E-state index contributed by atoms with van der Waals surface area (Å²) in [6.07, 6.45) is 4.35. The lowest BCUT2D eigenvalue weighted by atomic mass is 9.81. The standard InChI is InChI=1S/C14H25N3O2S/c1-3-14(4-2,12(15)20)13(19)16-10-11(18)17-8-6-5-7-9-17/h3-10H2,1-2H3,(H2,15,20)(H,16,19). The van der Waals surface area contributed by atoms with Crippen molar-refractivity contribution in [1.82, 2.24) is 10.2 Å². The van der Waals surface area contributed by atoms with E-state index in [2.05, 4.69) is 5.32 Å². The van der Waals surface area contributed by atoms with Crippen molar-refractivity contribution in [3.8, 4) is 0 Å². The maximum atomic E-state index is 12.3. The third-order valence-corrected chi connectivity index (χ3v) is 4.61. The van der Waals surface area contributed by atoms with Crippen LogP contribution in [0.2, 0.25) is 0 Å². The first kappa shape index (κ1) is 16.9. The van der Waals surface area contributed by atoms with Crippen molar-refractivity contribution in [3.63, 3.8) is 0 Å². The number of piperidine rings is 1. The Kier molecular flexibility index (Phi) is 6.39. The van der Waals surface area contributed by atoms with Crippen LogP contribution >= 0.6 is 12.2 Å². The summed E-state index contributed by atoms with van der Waals surface area (Å²) in [5, 5.41) is 2.71. The molecule has 0 aromatic carbocycles. The summed E-state index contributed by atoms with van der Waals surface area (Å²) in [6, 6.07) is 0. The molecule has 1 aliphatic heterocycles. The second-order valence-corrected chi connectivity index (χ2v) is 5.72. The van der Waals surface area contributed by atoms with Crippen molar-refractivity contribution >= 4 is 29.0 Å². The number of nitrogens with one attached hydrogen (secondary N) is 1. The van der Waals surface area contributed by atoms with Crippen molar-refractivity contribution < 1.29 is 9.59 Å². The van der Waals surface area contributed by atoms with Gasteiger partial charge < -0.3 is 16.0 Å². The first-order valence-corrected chi connectivity index (χ1v) is 7.74. The number of carbonyl (C=O) groups excluding carboxylic acids is 2. The van der Waals surface area contributed by atoms with E-state index in [-0.39, 0.29) is 23.3 Å². The lowest BCUT2D eigenvalue weighted by molar-refractivity contribution is -0.135. The van der Waals surface area contributed by atoms with E-state index in [1.54, 1.807) is 0 Å². The van der Waals surface area contributed by atoms with E-state index in [9.17, 15) is 9.59 Å². The Morgan fingerprint density at radius 3 is 2.20 bits per heavy atom. The highest BCUT2D eigenvalue weighted by molar-refractivity contribution is 7.80. The molecular weight excluding hydrogens is 274 g/mol. The Balaban J connectivity index is 2.56. The lowest BCUT2D eigenvalue weighted by Gasteiger charge is -2.30. The molecule has 114 valence electrons. The number of rotatable bonds is 6. The Labute approximate surface area is 126 Å². The molecule has 0 spiro atoms. The minimum Gasteiger partial charge on any atom is -0.392 e. The Morgan fingerprint density at radius 2 is 1.75 bits per heavy atom. The van der Waals surface area contributed by atoms with E-state index in [4.69, 9.17) is 18.0 Å². The molecule has 0 atom stereocenters. The topological polar surface area (TPSA) is 75.4 Å². The lowest BCUT2D eigenvalue weighted by Crippen LogP contribution is -2.51. The van der Waals surface area contributed by atoms with Crippen LogP contribution in [0.5, 0.6) is 0 Å². The van der Waals surface area contributed by atoms with E-state index in [1.807, 2.05) is 18.7 Å². The maximum Gasteiger partial charge on any atom is 0.241 e. The summed E-state index contributed by atoms with van der Waals surface area (Å²) in [6.45, 7) is 5.37. The predicted octanol–water partition coefficient (Wildman–Crippen LogP) is 1.21. The number of hydrogen-bond donors (Lipinski definition) is 2. The summed E-state index contributed by atoms with van der Waals surface area (Å²) < 4.78 is 0. The van der Waals surface area contributed by atoms with E-state index < -0.39 is 5.41 Å². The van der Waals surface area contributed by atoms with Gasteiger partial charge in [0.15, 0.2) is 0 Å². The van der Waals surface area contributed by atoms with Crippen molar-refractivity contribution in [1.29, 1.82) is 0 Å². The molecule has 20 heavy (non-hydrogen) atoms. The van der Waals surface area contributed by atoms with Crippen molar-refractivity contribution in [2.45, 2.75) is 46.0 Å². The van der Waals surface area contributed by atoms with E-state index in [0.29, 0.717) is 12.8 Å². The molecule has 5 nitrogen and oxygen atoms in total. The second-order valence-electron chi connectivity index (χ2n) is 5.28. The van der Waals surface area contributed by atoms with Gasteiger partial charge in [0.25, 0.3) is 0 Å². The summed E-state index contributed by atoms with van der Waals surface area (Å²) in [5.41, 5.74) is 4.88. The summed E-state index contributed by atoms with van der Waals surface area (Å²) in [7, 11) is 0. The minimum atomic E-state index is -0.836. The smallest absolute Gasteiger partial charge is 0.241 e. The highest BCUT2D eigenvalue weighted by Crippen LogP contribution is 2.27. The van der Waals surface area contributed by atoms with Crippen LogP contribution in [-0.2, 0) is 9.59 Å². The Hall–Kier alpha value is -1.17. The molecule has 0 saturated carbocycles. The predicted molar refractivity (Wildman–Crippen MR) is 83.2 cm³/mol. The van der Waals surface area contributed by atoms with Gasteiger partial charge >= 0.3 is 0 Å². The van der Waals surface area contributed by atoms with Crippen molar-refractivity contribution in [2.24, 2.45) is 11.1 Å². The zero-order valence-corrected chi connectivity index (χ0v) is 13.2. The normalized spacial score (nSPS) is 15.8. The number of carbonyl (C=O) groups is 2. The third kappa shape index (κ3) is 3.69. The van der Waals surface area contributed by atoms with Crippen LogP contribution in [-0.4, -0.2) is 41.3 Å². The van der Waals surface area contributed by atoms with Gasteiger partial charge in [0.2, 0.25) is 11.8 Å². The molecule has 1 heterocycles. The molecular formula is C14H25N3O2S. The van der Waals surface area contributed by atoms with E-state index >= 15 is 0 Å². The van der Waals surface area contributed by atoms with Crippen molar-refractivity contribution in [3.05, 3.63) is 0 Å². The molecule has 2 amide bonds. The largest absolute Gasteiger partial charge is 0.392 e. The fourth-order valence-electron chi connectivity index (χ4n) is 2.61. The molecule has 1 aliphatic rings. The van der Waals surface area contributed by atoms with Gasteiger partial charge in [-0.25, -0.2) is 0 Å². The number of thiocarbonyl (C=S) groups is 1. The molecule has 0 bridgehead atoms. The zero-order chi connectivity index (χ0) is 15.2. The number of amides is 2. The quantitative estimate of drug-likeness (QED) is 0.723. The van der Waals surface area contributed by atoms with E-state index in [0.717, 1.165) is 25.9 Å². The number of hydrogen-bond acceptors (Lipinski definition) is 3. The van der Waals surface area contributed by atoms with Crippen molar-refractivity contribution in [2.75, 3.05) is 19.6 Å². The van der Waals surface area contributed by atoms with Gasteiger partial charge in [0.05, 0.1) is 16.9 Å². The van der Waals surface area contributed by atoms with Crippen LogP contribution in [0.3, 0.4) is 0 Å². The minimum absolute atomic E-state index is 0.0258. The van der Waals surface area contributed by atoms with Crippen LogP contribution in [0.1, 0.15) is 46.0 Å². The summed E-state index contributed by atoms with van der Waals surface area (Å²) in [5.74, 6) is -0.262. The molecule has 3 N–H and O–H groups in total. The summed E-state index contributed by atoms with van der Waals surface area (Å²) in [4.78, 5) is 26.3. The molecule has 0 aliphatic carbocycles. The summed E-state index contributed by atoms with van der Waals surface area (Å²) >= 11 is 5.03. The highest BCUT2D eigenvalue weighted by Gasteiger charge is 2.38. The van der Waals surface area contributed by atoms with Gasteiger partial charge in [-0.05, 0) is 32.1 Å². The molecule has 1 saturated heterocycles. The zero-order valence-electron chi connectivity index (χ0n) is 12.4. The second kappa shape index (κ2) is 7.57. The van der Waals surface area contributed by atoms with Crippen LogP contribution in [0.25, 0.3) is 0 Å². The average molecular weight is 299 g/mol. The molecule has 1 fully saturated rings. The molecule has 6 heteroatoms. The van der Waals surface area contributed by atoms with Gasteiger partial charge in [-0.1, -0.05) is 26.1 Å². The third-order valence-electron chi connectivity index (χ3n) is 4.22. The fraction of sp³-hybridized carbons (Fsp3) is 0.786. The van der Waals surface area contributed by atoms with Gasteiger partial charge in [-0.3, -0.25) is 9.59 Å². The number of likely N-dealkylation sites (tertiary alicyclic amines) is 1. The Morgan fingerprint density at radius 1 is 1.20 bits per heavy atom. The molecule has 0 aromatic heterocycles. The van der Waals surface area contributed by atoms with Crippen LogP contribution in [0.4, 0.5) is 0 Å². The average Bonchev–Trinajstić information content (AvgIpc) is 2.47. The van der Waals surface area contributed by atoms with Crippen LogP contribution in [0.15, 0.2) is 0 Å². The maximum absolute atomic E-state index is 12.3. The number of nitrogens with two attached hydrogens (primary N) is 1.